The summed E-state index contributed by atoms with van der Waals surface area (Å²) in [7, 11) is 1.63. The number of nitrogens with zero attached hydrogens (tertiary/aromatic N) is 1. The predicted octanol–water partition coefficient (Wildman–Crippen LogP) is 1.68. The molecule has 164 valence electrons. The van der Waals surface area contributed by atoms with Crippen LogP contribution in [0.25, 0.3) is 0 Å². The Morgan fingerprint density at radius 1 is 1.24 bits per heavy atom. The first-order valence-electron chi connectivity index (χ1n) is 9.82. The predicted molar refractivity (Wildman–Crippen MR) is 124 cm³/mol. The van der Waals surface area contributed by atoms with Gasteiger partial charge in [0.05, 0.1) is 19.8 Å². The van der Waals surface area contributed by atoms with Gasteiger partial charge < -0.3 is 30.2 Å². The molecule has 0 radical (unpaired) electrons. The van der Waals surface area contributed by atoms with Gasteiger partial charge in [0, 0.05) is 32.8 Å². The lowest BCUT2D eigenvalue weighted by molar-refractivity contribution is -0.119. The molecule has 3 N–H and O–H groups in total. The number of ether oxygens (including phenoxy) is 3. The highest BCUT2D eigenvalue weighted by Crippen LogP contribution is 2.11. The highest BCUT2D eigenvalue weighted by atomic mass is 127. The summed E-state index contributed by atoms with van der Waals surface area (Å²) in [5.74, 6) is 1.30. The number of nitrogens with one attached hydrogen (secondary N) is 3. The second kappa shape index (κ2) is 15.3. The van der Waals surface area contributed by atoms with Crippen molar-refractivity contribution in [2.45, 2.75) is 32.4 Å². The normalized spacial score (nSPS) is 16.1. The zero-order valence-electron chi connectivity index (χ0n) is 17.2. The monoisotopic (exact) mass is 520 g/mol. The van der Waals surface area contributed by atoms with Crippen molar-refractivity contribution in [1.82, 2.24) is 16.0 Å². The highest BCUT2D eigenvalue weighted by molar-refractivity contribution is 14.0. The number of carbonyl (C=O) groups is 1. The van der Waals surface area contributed by atoms with E-state index >= 15 is 0 Å². The fourth-order valence-corrected chi connectivity index (χ4v) is 2.67. The van der Waals surface area contributed by atoms with Crippen LogP contribution in [0.4, 0.5) is 0 Å². The van der Waals surface area contributed by atoms with Gasteiger partial charge in [0.25, 0.3) is 0 Å². The van der Waals surface area contributed by atoms with Crippen LogP contribution in [0.1, 0.15) is 25.3 Å². The molecule has 2 rings (SSSR count). The quantitative estimate of drug-likeness (QED) is 0.178. The standard InChI is InChI=1S/C20H32N4O4.HI/c1-3-21-20(22-10-4-11-28-18-9-12-27-15-18)24-14-19(25)23-13-16-5-7-17(26-2)8-6-16;/h5-8,18H,3-4,9-15H2,1-2H3,(H,23,25)(H2,21,22,24);1H. The van der Waals surface area contributed by atoms with Crippen molar-refractivity contribution in [3.8, 4) is 5.75 Å². The second-order valence-corrected chi connectivity index (χ2v) is 6.46. The van der Waals surface area contributed by atoms with E-state index in [0.29, 0.717) is 25.7 Å². The molecule has 1 aliphatic heterocycles. The van der Waals surface area contributed by atoms with Crippen LogP contribution < -0.4 is 20.7 Å². The molecule has 0 spiro atoms. The van der Waals surface area contributed by atoms with Crippen molar-refractivity contribution in [3.63, 3.8) is 0 Å². The summed E-state index contributed by atoms with van der Waals surface area (Å²) in [6.07, 6.45) is 2.07. The minimum absolute atomic E-state index is 0. The molecule has 0 saturated carbocycles. The molecule has 9 heteroatoms. The molecule has 1 unspecified atom stereocenters. The second-order valence-electron chi connectivity index (χ2n) is 6.46. The molecular formula is C20H33IN4O4. The van der Waals surface area contributed by atoms with E-state index in [0.717, 1.165) is 43.9 Å². The molecule has 8 nitrogen and oxygen atoms in total. The number of carbonyl (C=O) groups excluding carboxylic acids is 1. The molecule has 1 heterocycles. The van der Waals surface area contributed by atoms with Crippen molar-refractivity contribution >= 4 is 35.8 Å². The van der Waals surface area contributed by atoms with Crippen LogP contribution in [0.3, 0.4) is 0 Å². The summed E-state index contributed by atoms with van der Waals surface area (Å²) in [4.78, 5) is 16.4. The summed E-state index contributed by atoms with van der Waals surface area (Å²) < 4.78 is 16.1. The van der Waals surface area contributed by atoms with Crippen LogP contribution in [0.5, 0.6) is 5.75 Å². The lowest BCUT2D eigenvalue weighted by Gasteiger charge is -2.13. The van der Waals surface area contributed by atoms with Gasteiger partial charge in [0.2, 0.25) is 5.91 Å². The van der Waals surface area contributed by atoms with Gasteiger partial charge in [0.15, 0.2) is 5.96 Å². The number of benzene rings is 1. The Morgan fingerprint density at radius 2 is 2.03 bits per heavy atom. The third-order valence-corrected chi connectivity index (χ3v) is 4.23. The van der Waals surface area contributed by atoms with Gasteiger partial charge in [-0.2, -0.15) is 0 Å². The molecular weight excluding hydrogens is 487 g/mol. The van der Waals surface area contributed by atoms with Gasteiger partial charge >= 0.3 is 0 Å². The van der Waals surface area contributed by atoms with Crippen LogP contribution in [-0.4, -0.2) is 64.5 Å². The Hall–Kier alpha value is -1.59. The largest absolute Gasteiger partial charge is 0.497 e. The number of methoxy groups -OCH3 is 1. The van der Waals surface area contributed by atoms with Gasteiger partial charge in [0.1, 0.15) is 12.3 Å². The maximum absolute atomic E-state index is 12.0. The van der Waals surface area contributed by atoms with Crippen LogP contribution in [0.2, 0.25) is 0 Å². The summed E-state index contributed by atoms with van der Waals surface area (Å²) in [6, 6.07) is 7.59. The topological polar surface area (TPSA) is 93.2 Å². The number of hydrogen-bond donors (Lipinski definition) is 3. The zero-order valence-corrected chi connectivity index (χ0v) is 19.6. The van der Waals surface area contributed by atoms with Crippen molar-refractivity contribution in [2.24, 2.45) is 4.99 Å². The molecule has 29 heavy (non-hydrogen) atoms. The summed E-state index contributed by atoms with van der Waals surface area (Å²) >= 11 is 0. The van der Waals surface area contributed by atoms with Crippen molar-refractivity contribution < 1.29 is 19.0 Å². The molecule has 1 aromatic carbocycles. The Bertz CT molecular complexity index is 607. The summed E-state index contributed by atoms with van der Waals surface area (Å²) in [5, 5.41) is 9.23. The first-order valence-corrected chi connectivity index (χ1v) is 9.82. The number of aliphatic imine (C=N–C) groups is 1. The Labute approximate surface area is 190 Å². The van der Waals surface area contributed by atoms with Gasteiger partial charge in [-0.15, -0.1) is 24.0 Å². The maximum Gasteiger partial charge on any atom is 0.242 e. The molecule has 0 aliphatic carbocycles. The number of hydrogen-bond acceptors (Lipinski definition) is 5. The Morgan fingerprint density at radius 3 is 2.69 bits per heavy atom. The van der Waals surface area contributed by atoms with Crippen molar-refractivity contribution in [1.29, 1.82) is 0 Å². The fraction of sp³-hybridized carbons (Fsp3) is 0.600. The average Bonchev–Trinajstić information content (AvgIpc) is 3.24. The molecule has 1 aliphatic rings. The SMILES string of the molecule is CCNC(=NCC(=O)NCc1ccc(OC)cc1)NCCCOC1CCOC1.I. The van der Waals surface area contributed by atoms with E-state index in [1.165, 1.54) is 0 Å². The van der Waals surface area contributed by atoms with Gasteiger partial charge in [-0.25, -0.2) is 4.99 Å². The van der Waals surface area contributed by atoms with Crippen LogP contribution in [0, 0.1) is 0 Å². The summed E-state index contributed by atoms with van der Waals surface area (Å²) in [6.45, 7) is 6.16. The fourth-order valence-electron chi connectivity index (χ4n) is 2.67. The lowest BCUT2D eigenvalue weighted by Crippen LogP contribution is -2.39. The molecule has 1 aromatic rings. The number of rotatable bonds is 11. The maximum atomic E-state index is 12.0. The molecule has 1 amide bonds. The first kappa shape index (κ1) is 25.4. The molecule has 0 bridgehead atoms. The minimum atomic E-state index is -0.127. The van der Waals surface area contributed by atoms with Crippen molar-refractivity contribution in [3.05, 3.63) is 29.8 Å². The van der Waals surface area contributed by atoms with Crippen LogP contribution >= 0.6 is 24.0 Å². The van der Waals surface area contributed by atoms with E-state index in [4.69, 9.17) is 14.2 Å². The number of halogens is 1. The molecule has 1 saturated heterocycles. The number of amides is 1. The van der Waals surface area contributed by atoms with Crippen molar-refractivity contribution in [2.75, 3.05) is 46.6 Å². The Kier molecular flexibility index (Phi) is 13.4. The smallest absolute Gasteiger partial charge is 0.242 e. The third-order valence-electron chi connectivity index (χ3n) is 4.23. The minimum Gasteiger partial charge on any atom is -0.497 e. The molecule has 1 atom stereocenters. The Balaban J connectivity index is 0.00000420. The molecule has 1 fully saturated rings. The highest BCUT2D eigenvalue weighted by Gasteiger charge is 2.15. The van der Waals surface area contributed by atoms with Crippen LogP contribution in [0.15, 0.2) is 29.3 Å². The van der Waals surface area contributed by atoms with E-state index in [1.54, 1.807) is 7.11 Å². The first-order chi connectivity index (χ1) is 13.7. The third kappa shape index (κ3) is 10.7. The van der Waals surface area contributed by atoms with Gasteiger partial charge in [-0.3, -0.25) is 4.79 Å². The van der Waals surface area contributed by atoms with Crippen LogP contribution in [-0.2, 0) is 20.8 Å². The zero-order chi connectivity index (χ0) is 20.0. The van der Waals surface area contributed by atoms with E-state index in [2.05, 4.69) is 20.9 Å². The average molecular weight is 520 g/mol. The lowest BCUT2D eigenvalue weighted by atomic mass is 10.2. The number of guanidine groups is 1. The van der Waals surface area contributed by atoms with E-state index in [-0.39, 0.29) is 42.5 Å². The molecule has 0 aromatic heterocycles. The van der Waals surface area contributed by atoms with Gasteiger partial charge in [-0.05, 0) is 37.5 Å². The van der Waals surface area contributed by atoms with Gasteiger partial charge in [-0.1, -0.05) is 12.1 Å². The summed E-state index contributed by atoms with van der Waals surface area (Å²) in [5.41, 5.74) is 1.01. The van der Waals surface area contributed by atoms with E-state index in [1.807, 2.05) is 31.2 Å². The van der Waals surface area contributed by atoms with E-state index < -0.39 is 0 Å². The van der Waals surface area contributed by atoms with E-state index in [9.17, 15) is 4.79 Å².